The zero-order valence-electron chi connectivity index (χ0n) is 15.9. The lowest BCUT2D eigenvalue weighted by Crippen LogP contribution is -2.30. The highest BCUT2D eigenvalue weighted by molar-refractivity contribution is 5.53. The van der Waals surface area contributed by atoms with Gasteiger partial charge < -0.3 is 10.6 Å². The average molecular weight is 329 g/mol. The molecule has 0 atom stereocenters. The Morgan fingerprint density at radius 2 is 1.62 bits per heavy atom. The van der Waals surface area contributed by atoms with E-state index in [0.29, 0.717) is 11.5 Å². The Bertz CT molecular complexity index is 504. The molecule has 0 aromatic heterocycles. The summed E-state index contributed by atoms with van der Waals surface area (Å²) in [6, 6.07) is 9.78. The van der Waals surface area contributed by atoms with Gasteiger partial charge in [-0.25, -0.2) is 0 Å². The van der Waals surface area contributed by atoms with Gasteiger partial charge in [0.1, 0.15) is 0 Å². The van der Waals surface area contributed by atoms with Gasteiger partial charge in [-0.15, -0.1) is 0 Å². The Kier molecular flexibility index (Phi) is 5.86. The standard InChI is InChI=1S/C22H36N2/c1-22(2)14-12-18(13-15-22)20-6-4-5-7-21(20)24-19-10-8-17(9-11-19)16-23-3/h4-7,17-19,23-24H,8-16H2,1-3H3. The molecule has 0 radical (unpaired) electrons. The van der Waals surface area contributed by atoms with E-state index < -0.39 is 0 Å². The summed E-state index contributed by atoms with van der Waals surface area (Å²) in [7, 11) is 2.08. The molecule has 0 aliphatic heterocycles. The van der Waals surface area contributed by atoms with E-state index in [0.717, 1.165) is 11.8 Å². The fourth-order valence-corrected chi connectivity index (χ4v) is 4.71. The lowest BCUT2D eigenvalue weighted by atomic mass is 9.71. The Labute approximate surface area is 148 Å². The van der Waals surface area contributed by atoms with Crippen molar-refractivity contribution >= 4 is 5.69 Å². The maximum absolute atomic E-state index is 3.91. The first kappa shape index (κ1) is 17.8. The molecule has 2 saturated carbocycles. The van der Waals surface area contributed by atoms with E-state index in [1.807, 2.05) is 0 Å². The average Bonchev–Trinajstić information content (AvgIpc) is 2.58. The molecule has 134 valence electrons. The van der Waals surface area contributed by atoms with Crippen molar-refractivity contribution in [3.63, 3.8) is 0 Å². The first-order valence-electron chi connectivity index (χ1n) is 10.1. The Morgan fingerprint density at radius 3 is 2.29 bits per heavy atom. The molecule has 0 saturated heterocycles. The topological polar surface area (TPSA) is 24.1 Å². The fraction of sp³-hybridized carbons (Fsp3) is 0.727. The second-order valence-corrected chi connectivity index (χ2v) is 8.95. The van der Waals surface area contributed by atoms with Gasteiger partial charge in [0.15, 0.2) is 0 Å². The van der Waals surface area contributed by atoms with E-state index in [1.54, 1.807) is 5.56 Å². The number of para-hydroxylation sites is 1. The molecular formula is C22H36N2. The summed E-state index contributed by atoms with van der Waals surface area (Å²) in [4.78, 5) is 0. The molecule has 2 N–H and O–H groups in total. The SMILES string of the molecule is CNCC1CCC(Nc2ccccc2C2CCC(C)(C)CC2)CC1. The molecule has 0 unspecified atom stereocenters. The maximum atomic E-state index is 3.91. The van der Waals surface area contributed by atoms with E-state index in [-0.39, 0.29) is 0 Å². The predicted molar refractivity (Wildman–Crippen MR) is 105 cm³/mol. The third kappa shape index (κ3) is 4.53. The largest absolute Gasteiger partial charge is 0.382 e. The van der Waals surface area contributed by atoms with Crippen LogP contribution in [-0.2, 0) is 0 Å². The molecule has 3 rings (SSSR count). The molecule has 2 heteroatoms. The minimum absolute atomic E-state index is 0.546. The van der Waals surface area contributed by atoms with Crippen LogP contribution in [0.15, 0.2) is 24.3 Å². The van der Waals surface area contributed by atoms with E-state index >= 15 is 0 Å². The van der Waals surface area contributed by atoms with Crippen molar-refractivity contribution in [3.8, 4) is 0 Å². The van der Waals surface area contributed by atoms with Crippen LogP contribution in [0, 0.1) is 11.3 Å². The monoisotopic (exact) mass is 328 g/mol. The van der Waals surface area contributed by atoms with Crippen molar-refractivity contribution < 1.29 is 0 Å². The molecule has 2 nitrogen and oxygen atoms in total. The molecule has 2 aliphatic rings. The molecule has 0 heterocycles. The number of rotatable bonds is 5. The smallest absolute Gasteiger partial charge is 0.0377 e. The van der Waals surface area contributed by atoms with Gasteiger partial charge in [-0.3, -0.25) is 0 Å². The highest BCUT2D eigenvalue weighted by Gasteiger charge is 2.29. The molecular weight excluding hydrogens is 292 g/mol. The summed E-state index contributed by atoms with van der Waals surface area (Å²) in [6.45, 7) is 6.04. The number of nitrogens with one attached hydrogen (secondary N) is 2. The van der Waals surface area contributed by atoms with Gasteiger partial charge in [0.25, 0.3) is 0 Å². The van der Waals surface area contributed by atoms with Gasteiger partial charge in [0.05, 0.1) is 0 Å². The maximum Gasteiger partial charge on any atom is 0.0377 e. The summed E-state index contributed by atoms with van der Waals surface area (Å²) >= 11 is 0. The van der Waals surface area contributed by atoms with Crippen molar-refractivity contribution in [2.45, 2.75) is 77.2 Å². The number of hydrogen-bond donors (Lipinski definition) is 2. The quantitative estimate of drug-likeness (QED) is 0.739. The fourth-order valence-electron chi connectivity index (χ4n) is 4.71. The van der Waals surface area contributed by atoms with Crippen LogP contribution in [0.1, 0.15) is 76.7 Å². The zero-order chi connectivity index (χ0) is 17.0. The van der Waals surface area contributed by atoms with Crippen LogP contribution in [-0.4, -0.2) is 19.6 Å². The summed E-state index contributed by atoms with van der Waals surface area (Å²) in [5.74, 6) is 1.63. The van der Waals surface area contributed by atoms with Crippen LogP contribution in [0.2, 0.25) is 0 Å². The Balaban J connectivity index is 1.61. The minimum Gasteiger partial charge on any atom is -0.382 e. The normalized spacial score (nSPS) is 27.8. The van der Waals surface area contributed by atoms with Gasteiger partial charge in [-0.2, -0.15) is 0 Å². The number of hydrogen-bond acceptors (Lipinski definition) is 2. The van der Waals surface area contributed by atoms with Crippen molar-refractivity contribution in [1.29, 1.82) is 0 Å². The van der Waals surface area contributed by atoms with E-state index in [9.17, 15) is 0 Å². The first-order valence-corrected chi connectivity index (χ1v) is 10.1. The van der Waals surface area contributed by atoms with Crippen molar-refractivity contribution in [2.24, 2.45) is 11.3 Å². The van der Waals surface area contributed by atoms with Gasteiger partial charge in [0, 0.05) is 11.7 Å². The van der Waals surface area contributed by atoms with Gasteiger partial charge in [-0.05, 0) is 93.8 Å². The highest BCUT2D eigenvalue weighted by Crippen LogP contribution is 2.44. The van der Waals surface area contributed by atoms with Crippen LogP contribution >= 0.6 is 0 Å². The summed E-state index contributed by atoms with van der Waals surface area (Å²) in [5.41, 5.74) is 3.54. The van der Waals surface area contributed by atoms with Crippen LogP contribution in [0.4, 0.5) is 5.69 Å². The Hall–Kier alpha value is -1.02. The molecule has 24 heavy (non-hydrogen) atoms. The minimum atomic E-state index is 0.546. The zero-order valence-corrected chi connectivity index (χ0v) is 15.9. The second-order valence-electron chi connectivity index (χ2n) is 8.95. The predicted octanol–water partition coefficient (Wildman–Crippen LogP) is 5.56. The molecule has 1 aromatic rings. The molecule has 0 amide bonds. The van der Waals surface area contributed by atoms with Crippen LogP contribution in [0.25, 0.3) is 0 Å². The van der Waals surface area contributed by atoms with Gasteiger partial charge in [0.2, 0.25) is 0 Å². The lowest BCUT2D eigenvalue weighted by Gasteiger charge is -2.36. The summed E-state index contributed by atoms with van der Waals surface area (Å²) < 4.78 is 0. The molecule has 0 bridgehead atoms. The third-order valence-corrected chi connectivity index (χ3v) is 6.44. The molecule has 0 spiro atoms. The van der Waals surface area contributed by atoms with Crippen LogP contribution in [0.3, 0.4) is 0 Å². The lowest BCUT2D eigenvalue weighted by molar-refractivity contribution is 0.224. The van der Waals surface area contributed by atoms with Crippen molar-refractivity contribution in [2.75, 3.05) is 18.9 Å². The first-order chi connectivity index (χ1) is 11.6. The van der Waals surface area contributed by atoms with Gasteiger partial charge in [-0.1, -0.05) is 32.0 Å². The molecule has 1 aromatic carbocycles. The number of anilines is 1. The second kappa shape index (κ2) is 7.91. The summed E-state index contributed by atoms with van der Waals surface area (Å²) in [6.07, 6.45) is 10.8. The van der Waals surface area contributed by atoms with Gasteiger partial charge >= 0.3 is 0 Å². The van der Waals surface area contributed by atoms with E-state index in [1.165, 1.54) is 63.6 Å². The Morgan fingerprint density at radius 1 is 0.958 bits per heavy atom. The summed E-state index contributed by atoms with van der Waals surface area (Å²) in [5, 5.41) is 7.25. The van der Waals surface area contributed by atoms with Crippen LogP contribution < -0.4 is 10.6 Å². The molecule has 2 aliphatic carbocycles. The molecule has 2 fully saturated rings. The van der Waals surface area contributed by atoms with E-state index in [4.69, 9.17) is 0 Å². The third-order valence-electron chi connectivity index (χ3n) is 6.44. The van der Waals surface area contributed by atoms with Crippen molar-refractivity contribution in [1.82, 2.24) is 5.32 Å². The number of benzene rings is 1. The van der Waals surface area contributed by atoms with Crippen LogP contribution in [0.5, 0.6) is 0 Å². The van der Waals surface area contributed by atoms with E-state index in [2.05, 4.69) is 55.8 Å². The highest BCUT2D eigenvalue weighted by atomic mass is 14.9. The van der Waals surface area contributed by atoms with Crippen molar-refractivity contribution in [3.05, 3.63) is 29.8 Å².